The lowest BCUT2D eigenvalue weighted by molar-refractivity contribution is 0.0959. The van der Waals surface area contributed by atoms with Gasteiger partial charge in [0.25, 0.3) is 5.91 Å². The normalized spacial score (nSPS) is 13.7. The van der Waals surface area contributed by atoms with Crippen LogP contribution in [0.5, 0.6) is 0 Å². The first-order chi connectivity index (χ1) is 10.8. The largest absolute Gasteiger partial charge is 0.345 e. The second-order valence-corrected chi connectivity index (χ2v) is 4.93. The fraction of sp³-hybridized carbons (Fsp3) is 0.0625. The van der Waals surface area contributed by atoms with Crippen molar-refractivity contribution in [1.82, 2.24) is 5.32 Å². The molecule has 2 aliphatic rings. The quantitative estimate of drug-likeness (QED) is 0.915. The molecule has 1 N–H and O–H groups in total. The summed E-state index contributed by atoms with van der Waals surface area (Å²) in [5.41, 5.74) is 2.20. The highest BCUT2D eigenvalue weighted by atomic mass is 16.1. The number of azo groups is 1. The average molecular weight is 289 g/mol. The molecule has 6 heteroatoms. The Labute approximate surface area is 125 Å². The van der Waals surface area contributed by atoms with Gasteiger partial charge >= 0.3 is 0 Å². The Morgan fingerprint density at radius 2 is 1.91 bits per heavy atom. The molecule has 0 unspecified atom stereocenters. The highest BCUT2D eigenvalue weighted by Gasteiger charge is 2.13. The van der Waals surface area contributed by atoms with Gasteiger partial charge in [-0.05, 0) is 24.3 Å². The first-order valence-electron chi connectivity index (χ1n) is 6.84. The molecule has 0 saturated carbocycles. The van der Waals surface area contributed by atoms with Gasteiger partial charge in [0, 0.05) is 10.8 Å². The van der Waals surface area contributed by atoms with Gasteiger partial charge in [-0.15, -0.1) is 0 Å². The summed E-state index contributed by atoms with van der Waals surface area (Å²) in [6.45, 7) is 0.290. The Kier molecular flexibility index (Phi) is 2.86. The number of amidine groups is 1. The van der Waals surface area contributed by atoms with Gasteiger partial charge in [-0.3, -0.25) is 4.79 Å². The molecule has 0 atom stereocenters. The fourth-order valence-electron chi connectivity index (χ4n) is 2.34. The highest BCUT2D eigenvalue weighted by Crippen LogP contribution is 2.15. The smallest absolute Gasteiger partial charge is 0.251 e. The van der Waals surface area contributed by atoms with Crippen LogP contribution in [0.3, 0.4) is 0 Å². The van der Waals surface area contributed by atoms with Gasteiger partial charge in [-0.25, -0.2) is 9.98 Å². The van der Waals surface area contributed by atoms with Crippen molar-refractivity contribution in [1.29, 1.82) is 0 Å². The lowest BCUT2D eigenvalue weighted by Gasteiger charge is -2.02. The van der Waals surface area contributed by atoms with Crippen molar-refractivity contribution in [3.8, 4) is 0 Å². The molecule has 6 nitrogen and oxygen atoms in total. The van der Waals surface area contributed by atoms with Crippen molar-refractivity contribution in [2.45, 2.75) is 0 Å². The maximum absolute atomic E-state index is 12.0. The van der Waals surface area contributed by atoms with Gasteiger partial charge in [-0.1, -0.05) is 18.2 Å². The minimum absolute atomic E-state index is 0.140. The number of fused-ring (bicyclic) bond motifs is 2. The number of benzene rings is 2. The predicted molar refractivity (Wildman–Crippen MR) is 82.1 cm³/mol. The molecule has 1 amide bonds. The van der Waals surface area contributed by atoms with Crippen LogP contribution >= 0.6 is 0 Å². The van der Waals surface area contributed by atoms with E-state index in [-0.39, 0.29) is 12.5 Å². The Hall–Kier alpha value is -3.15. The zero-order valence-electron chi connectivity index (χ0n) is 11.5. The molecule has 0 spiro atoms. The van der Waals surface area contributed by atoms with Gasteiger partial charge in [0.15, 0.2) is 0 Å². The maximum Gasteiger partial charge on any atom is 0.251 e. The molecule has 0 saturated heterocycles. The molecule has 0 bridgehead atoms. The van der Waals surface area contributed by atoms with E-state index in [1.807, 2.05) is 30.3 Å². The van der Waals surface area contributed by atoms with Crippen molar-refractivity contribution >= 4 is 29.3 Å². The summed E-state index contributed by atoms with van der Waals surface area (Å²) in [5, 5.41) is 12.4. The van der Waals surface area contributed by atoms with E-state index >= 15 is 0 Å². The van der Waals surface area contributed by atoms with Crippen molar-refractivity contribution in [2.24, 2.45) is 20.2 Å². The second kappa shape index (κ2) is 5.00. The number of carbonyl (C=O) groups is 1. The SMILES string of the molecule is O=C(NCC1=Nc2cc3c(cc2=N1)N=NC=3)c1ccccc1. The van der Waals surface area contributed by atoms with E-state index in [4.69, 9.17) is 0 Å². The van der Waals surface area contributed by atoms with Crippen LogP contribution in [-0.4, -0.2) is 18.3 Å². The lowest BCUT2D eigenvalue weighted by atomic mass is 10.2. The molecule has 22 heavy (non-hydrogen) atoms. The third-order valence-electron chi connectivity index (χ3n) is 3.43. The molecular formula is C16H11N5O. The zero-order chi connectivity index (χ0) is 14.9. The number of aliphatic imine (C=N–C) groups is 1. The molecule has 0 radical (unpaired) electrons. The molecular weight excluding hydrogens is 278 g/mol. The Bertz CT molecular complexity index is 944. The third-order valence-corrected chi connectivity index (χ3v) is 3.43. The molecule has 0 fully saturated rings. The van der Waals surface area contributed by atoms with E-state index in [0.717, 1.165) is 22.0 Å². The van der Waals surface area contributed by atoms with Crippen molar-refractivity contribution in [3.05, 3.63) is 58.6 Å². The van der Waals surface area contributed by atoms with E-state index in [1.54, 1.807) is 18.3 Å². The molecule has 2 aromatic carbocycles. The van der Waals surface area contributed by atoms with Gasteiger partial charge in [0.1, 0.15) is 5.84 Å². The van der Waals surface area contributed by atoms with Crippen LogP contribution in [-0.2, 0) is 0 Å². The first-order valence-corrected chi connectivity index (χ1v) is 6.84. The first kappa shape index (κ1) is 12.6. The molecule has 2 heterocycles. The highest BCUT2D eigenvalue weighted by molar-refractivity contribution is 5.98. The van der Waals surface area contributed by atoms with Gasteiger partial charge < -0.3 is 5.32 Å². The number of rotatable bonds is 3. The summed E-state index contributed by atoms with van der Waals surface area (Å²) < 4.78 is 0. The van der Waals surface area contributed by atoms with Gasteiger partial charge in [0.2, 0.25) is 0 Å². The minimum atomic E-state index is -0.140. The number of nitrogens with one attached hydrogen (secondary N) is 1. The topological polar surface area (TPSA) is 78.5 Å². The summed E-state index contributed by atoms with van der Waals surface area (Å²) >= 11 is 0. The monoisotopic (exact) mass is 289 g/mol. The van der Waals surface area contributed by atoms with E-state index in [0.29, 0.717) is 11.4 Å². The lowest BCUT2D eigenvalue weighted by Crippen LogP contribution is -2.28. The minimum Gasteiger partial charge on any atom is -0.345 e. The number of nitrogens with zero attached hydrogens (tertiary/aromatic N) is 4. The number of carbonyl (C=O) groups excluding carboxylic acids is 1. The van der Waals surface area contributed by atoms with Gasteiger partial charge in [-0.2, -0.15) is 10.2 Å². The van der Waals surface area contributed by atoms with Crippen molar-refractivity contribution < 1.29 is 4.79 Å². The number of hydrogen-bond donors (Lipinski definition) is 1. The van der Waals surface area contributed by atoms with E-state index in [9.17, 15) is 4.79 Å². The summed E-state index contributed by atoms with van der Waals surface area (Å²) in [7, 11) is 0. The van der Waals surface area contributed by atoms with Crippen LogP contribution in [0, 0.1) is 0 Å². The summed E-state index contributed by atoms with van der Waals surface area (Å²) in [5.74, 6) is 0.443. The number of amides is 1. The molecule has 106 valence electrons. The Morgan fingerprint density at radius 1 is 1.05 bits per heavy atom. The predicted octanol–water partition coefficient (Wildman–Crippen LogP) is 1.62. The maximum atomic E-state index is 12.0. The Morgan fingerprint density at radius 3 is 2.77 bits per heavy atom. The van der Waals surface area contributed by atoms with Gasteiger partial charge in [0.05, 0.1) is 29.5 Å². The molecule has 2 aromatic rings. The Balaban J connectivity index is 1.51. The summed E-state index contributed by atoms with van der Waals surface area (Å²) in [6, 6.07) is 12.8. The molecule has 0 aromatic heterocycles. The summed E-state index contributed by atoms with van der Waals surface area (Å²) in [4.78, 5) is 20.8. The van der Waals surface area contributed by atoms with Crippen molar-refractivity contribution in [2.75, 3.05) is 6.54 Å². The van der Waals surface area contributed by atoms with Crippen LogP contribution < -0.4 is 15.9 Å². The average Bonchev–Trinajstić information content (AvgIpc) is 3.16. The standard InChI is InChI=1S/C16H11N5O/c22-16(10-4-2-1-3-5-10)17-9-15-19-13-6-11-8-18-21-12(11)7-14(13)20-15/h1-8H,9H2,(H,17,22). The molecule has 4 rings (SSSR count). The van der Waals surface area contributed by atoms with Crippen LogP contribution in [0.1, 0.15) is 10.4 Å². The summed E-state index contributed by atoms with van der Waals surface area (Å²) in [6.07, 6.45) is 1.69. The molecule has 2 aliphatic heterocycles. The van der Waals surface area contributed by atoms with Crippen LogP contribution in [0.2, 0.25) is 0 Å². The molecule has 0 aliphatic carbocycles. The van der Waals surface area contributed by atoms with Crippen molar-refractivity contribution in [3.63, 3.8) is 0 Å². The zero-order valence-corrected chi connectivity index (χ0v) is 11.5. The van der Waals surface area contributed by atoms with Crippen LogP contribution in [0.4, 0.5) is 11.4 Å². The fourth-order valence-corrected chi connectivity index (χ4v) is 2.34. The second-order valence-electron chi connectivity index (χ2n) is 4.93. The van der Waals surface area contributed by atoms with Crippen LogP contribution in [0.15, 0.2) is 62.7 Å². The number of hydrogen-bond acceptors (Lipinski definition) is 5. The van der Waals surface area contributed by atoms with E-state index in [2.05, 4.69) is 25.5 Å². The third kappa shape index (κ3) is 2.20. The van der Waals surface area contributed by atoms with E-state index in [1.165, 1.54) is 0 Å². The van der Waals surface area contributed by atoms with E-state index < -0.39 is 0 Å². The van der Waals surface area contributed by atoms with Crippen LogP contribution in [0.25, 0.3) is 6.20 Å².